The van der Waals surface area contributed by atoms with Crippen LogP contribution in [0.15, 0.2) is 42.5 Å². The molecule has 0 saturated heterocycles. The van der Waals surface area contributed by atoms with E-state index in [4.69, 9.17) is 5.73 Å². The van der Waals surface area contributed by atoms with E-state index in [1.165, 1.54) is 11.6 Å². The molecule has 0 aromatic heterocycles. The quantitative estimate of drug-likeness (QED) is 0.817. The Labute approximate surface area is 94.7 Å². The maximum atomic E-state index is 13.5. The smallest absolute Gasteiger partial charge is 0.128 e. The lowest BCUT2D eigenvalue weighted by molar-refractivity contribution is 0.611. The Morgan fingerprint density at radius 3 is 2.19 bits per heavy atom. The highest BCUT2D eigenvalue weighted by molar-refractivity contribution is 5.64. The van der Waals surface area contributed by atoms with Crippen LogP contribution < -0.4 is 5.73 Å². The highest BCUT2D eigenvalue weighted by Gasteiger charge is 2.03. The summed E-state index contributed by atoms with van der Waals surface area (Å²) in [4.78, 5) is 0. The first-order valence-electron chi connectivity index (χ1n) is 5.26. The molecule has 2 N–H and O–H groups in total. The summed E-state index contributed by atoms with van der Waals surface area (Å²) >= 11 is 0. The van der Waals surface area contributed by atoms with Gasteiger partial charge in [-0.25, -0.2) is 4.39 Å². The van der Waals surface area contributed by atoms with Crippen molar-refractivity contribution in [2.45, 2.75) is 13.5 Å². The van der Waals surface area contributed by atoms with Crippen molar-refractivity contribution >= 4 is 0 Å². The Kier molecular flexibility index (Phi) is 3.02. The second kappa shape index (κ2) is 4.45. The second-order valence-electron chi connectivity index (χ2n) is 3.88. The fourth-order valence-electron chi connectivity index (χ4n) is 1.64. The van der Waals surface area contributed by atoms with Gasteiger partial charge in [-0.2, -0.15) is 0 Å². The summed E-state index contributed by atoms with van der Waals surface area (Å²) in [5.41, 5.74) is 9.07. The van der Waals surface area contributed by atoms with E-state index in [1.807, 2.05) is 37.3 Å². The minimum atomic E-state index is -0.236. The molecule has 0 spiro atoms. The summed E-state index contributed by atoms with van der Waals surface area (Å²) in [5.74, 6) is -0.236. The van der Waals surface area contributed by atoms with Gasteiger partial charge < -0.3 is 5.73 Å². The maximum Gasteiger partial charge on any atom is 0.128 e. The van der Waals surface area contributed by atoms with Gasteiger partial charge in [-0.05, 0) is 24.1 Å². The molecule has 0 unspecified atom stereocenters. The molecule has 0 bridgehead atoms. The first kappa shape index (κ1) is 10.8. The predicted octanol–water partition coefficient (Wildman–Crippen LogP) is 3.26. The molecule has 82 valence electrons. The Balaban J connectivity index is 2.41. The molecule has 0 amide bonds. The van der Waals surface area contributed by atoms with Crippen LogP contribution in [0.2, 0.25) is 0 Å². The van der Waals surface area contributed by atoms with Crippen molar-refractivity contribution in [1.29, 1.82) is 0 Å². The van der Waals surface area contributed by atoms with E-state index in [9.17, 15) is 4.39 Å². The number of rotatable bonds is 2. The van der Waals surface area contributed by atoms with Crippen LogP contribution in [0.1, 0.15) is 11.1 Å². The van der Waals surface area contributed by atoms with Gasteiger partial charge >= 0.3 is 0 Å². The van der Waals surface area contributed by atoms with Gasteiger partial charge in [0.25, 0.3) is 0 Å². The number of nitrogens with two attached hydrogens (primary N) is 1. The zero-order valence-corrected chi connectivity index (χ0v) is 9.20. The number of hydrogen-bond donors (Lipinski definition) is 1. The van der Waals surface area contributed by atoms with E-state index in [1.54, 1.807) is 6.07 Å². The van der Waals surface area contributed by atoms with Crippen molar-refractivity contribution < 1.29 is 4.39 Å². The van der Waals surface area contributed by atoms with Gasteiger partial charge in [0.05, 0.1) is 0 Å². The Morgan fingerprint density at radius 2 is 1.62 bits per heavy atom. The molecule has 2 rings (SSSR count). The highest BCUT2D eigenvalue weighted by atomic mass is 19.1. The molecule has 0 atom stereocenters. The number of halogens is 1. The van der Waals surface area contributed by atoms with Gasteiger partial charge in [0.1, 0.15) is 5.82 Å². The van der Waals surface area contributed by atoms with E-state index in [0.717, 1.165) is 11.1 Å². The van der Waals surface area contributed by atoms with Crippen LogP contribution in [0, 0.1) is 12.7 Å². The van der Waals surface area contributed by atoms with Crippen LogP contribution in [0.25, 0.3) is 11.1 Å². The molecule has 2 aromatic rings. The number of hydrogen-bond acceptors (Lipinski definition) is 1. The second-order valence-corrected chi connectivity index (χ2v) is 3.88. The summed E-state index contributed by atoms with van der Waals surface area (Å²) in [5, 5.41) is 0. The predicted molar refractivity (Wildman–Crippen MR) is 64.5 cm³/mol. The molecule has 2 heteroatoms. The zero-order valence-electron chi connectivity index (χ0n) is 9.20. The average Bonchev–Trinajstić information content (AvgIpc) is 2.30. The van der Waals surface area contributed by atoms with Crippen LogP contribution in [0.5, 0.6) is 0 Å². The first-order chi connectivity index (χ1) is 7.70. The lowest BCUT2D eigenvalue weighted by atomic mass is 10.0. The third-order valence-corrected chi connectivity index (χ3v) is 2.66. The molecular weight excluding hydrogens is 201 g/mol. The van der Waals surface area contributed by atoms with Crippen LogP contribution >= 0.6 is 0 Å². The Bertz CT molecular complexity index is 489. The van der Waals surface area contributed by atoms with Gasteiger partial charge in [-0.3, -0.25) is 0 Å². The SMILES string of the molecule is Cc1ccc(-c2ccc(CN)c(F)c2)cc1. The van der Waals surface area contributed by atoms with E-state index < -0.39 is 0 Å². The Hall–Kier alpha value is -1.67. The summed E-state index contributed by atoms with van der Waals surface area (Å²) in [6.45, 7) is 2.27. The summed E-state index contributed by atoms with van der Waals surface area (Å²) in [6.07, 6.45) is 0. The average molecular weight is 215 g/mol. The third-order valence-electron chi connectivity index (χ3n) is 2.66. The van der Waals surface area contributed by atoms with Gasteiger partial charge in [0.2, 0.25) is 0 Å². The van der Waals surface area contributed by atoms with E-state index >= 15 is 0 Å². The summed E-state index contributed by atoms with van der Waals surface area (Å²) in [6, 6.07) is 13.2. The standard InChI is InChI=1S/C14H14FN/c1-10-2-4-11(5-3-10)12-6-7-13(9-16)14(15)8-12/h2-8H,9,16H2,1H3. The molecule has 0 heterocycles. The van der Waals surface area contributed by atoms with Gasteiger partial charge in [-0.15, -0.1) is 0 Å². The molecule has 16 heavy (non-hydrogen) atoms. The lowest BCUT2D eigenvalue weighted by Gasteiger charge is -2.05. The number of benzene rings is 2. The topological polar surface area (TPSA) is 26.0 Å². The van der Waals surface area contributed by atoms with Crippen LogP contribution in [0.3, 0.4) is 0 Å². The summed E-state index contributed by atoms with van der Waals surface area (Å²) < 4.78 is 13.5. The van der Waals surface area contributed by atoms with Crippen molar-refractivity contribution in [3.05, 3.63) is 59.4 Å². The third kappa shape index (κ3) is 2.12. The maximum absolute atomic E-state index is 13.5. The highest BCUT2D eigenvalue weighted by Crippen LogP contribution is 2.22. The molecule has 0 fully saturated rings. The van der Waals surface area contributed by atoms with Crippen LogP contribution in [0.4, 0.5) is 4.39 Å². The summed E-state index contributed by atoms with van der Waals surface area (Å²) in [7, 11) is 0. The van der Waals surface area contributed by atoms with Crippen LogP contribution in [-0.2, 0) is 6.54 Å². The normalized spacial score (nSPS) is 10.4. The zero-order chi connectivity index (χ0) is 11.5. The van der Waals surface area contributed by atoms with Crippen molar-refractivity contribution in [2.75, 3.05) is 0 Å². The van der Waals surface area contributed by atoms with Crippen LogP contribution in [-0.4, -0.2) is 0 Å². The fourth-order valence-corrected chi connectivity index (χ4v) is 1.64. The number of aryl methyl sites for hydroxylation is 1. The fraction of sp³-hybridized carbons (Fsp3) is 0.143. The molecule has 1 nitrogen and oxygen atoms in total. The van der Waals surface area contributed by atoms with Crippen molar-refractivity contribution in [3.63, 3.8) is 0 Å². The van der Waals surface area contributed by atoms with Crippen molar-refractivity contribution in [2.24, 2.45) is 5.73 Å². The van der Waals surface area contributed by atoms with Gasteiger partial charge in [0.15, 0.2) is 0 Å². The van der Waals surface area contributed by atoms with Crippen molar-refractivity contribution in [3.8, 4) is 11.1 Å². The monoisotopic (exact) mass is 215 g/mol. The van der Waals surface area contributed by atoms with E-state index in [-0.39, 0.29) is 12.4 Å². The van der Waals surface area contributed by atoms with Crippen molar-refractivity contribution in [1.82, 2.24) is 0 Å². The minimum Gasteiger partial charge on any atom is -0.326 e. The molecule has 0 saturated carbocycles. The Morgan fingerprint density at radius 1 is 1.00 bits per heavy atom. The molecule has 0 radical (unpaired) electrons. The van der Waals surface area contributed by atoms with Gasteiger partial charge in [-0.1, -0.05) is 42.0 Å². The lowest BCUT2D eigenvalue weighted by Crippen LogP contribution is -1.99. The molecule has 0 aliphatic heterocycles. The largest absolute Gasteiger partial charge is 0.326 e. The minimum absolute atomic E-state index is 0.236. The molecular formula is C14H14FN. The van der Waals surface area contributed by atoms with E-state index in [0.29, 0.717) is 5.56 Å². The van der Waals surface area contributed by atoms with E-state index in [2.05, 4.69) is 0 Å². The molecule has 2 aromatic carbocycles. The first-order valence-corrected chi connectivity index (χ1v) is 5.26. The molecule has 0 aliphatic rings. The van der Waals surface area contributed by atoms with Gasteiger partial charge in [0, 0.05) is 12.1 Å². The molecule has 0 aliphatic carbocycles.